The summed E-state index contributed by atoms with van der Waals surface area (Å²) in [5.74, 6) is 0. The van der Waals surface area contributed by atoms with Crippen LogP contribution in [0.1, 0.15) is 0 Å². The van der Waals surface area contributed by atoms with Crippen molar-refractivity contribution in [1.82, 2.24) is 4.98 Å². The first-order chi connectivity index (χ1) is 23.8. The number of rotatable bonds is 3. The lowest BCUT2D eigenvalue weighted by molar-refractivity contribution is 1.42. The van der Waals surface area contributed by atoms with Crippen LogP contribution in [0.15, 0.2) is 164 Å². The maximum atomic E-state index is 4.89. The maximum absolute atomic E-state index is 4.89. The van der Waals surface area contributed by atoms with Gasteiger partial charge in [-0.3, -0.25) is 4.98 Å². The van der Waals surface area contributed by atoms with E-state index in [1.54, 1.807) is 0 Å². The Bertz CT molecular complexity index is 2720. The van der Waals surface area contributed by atoms with Crippen molar-refractivity contribution >= 4 is 32.4 Å². The maximum Gasteiger partial charge on any atom is 0.0720 e. The number of fused-ring (bicyclic) bond motifs is 7. The topological polar surface area (TPSA) is 12.9 Å². The lowest BCUT2D eigenvalue weighted by Crippen LogP contribution is -1.93. The Balaban J connectivity index is 1.25. The van der Waals surface area contributed by atoms with E-state index in [9.17, 15) is 0 Å². The van der Waals surface area contributed by atoms with Crippen LogP contribution in [-0.2, 0) is 0 Å². The minimum absolute atomic E-state index is 1.05. The fourth-order valence-electron chi connectivity index (χ4n) is 8.69. The summed E-state index contributed by atoms with van der Waals surface area (Å²) in [6.45, 7) is 0. The largest absolute Gasteiger partial charge is 0.256 e. The van der Waals surface area contributed by atoms with Gasteiger partial charge in [0.2, 0.25) is 0 Å². The fourth-order valence-corrected chi connectivity index (χ4v) is 8.69. The average molecular weight is 606 g/mol. The molecule has 0 saturated heterocycles. The Kier molecular flexibility index (Phi) is 5.17. The van der Waals surface area contributed by atoms with Gasteiger partial charge in [-0.2, -0.15) is 0 Å². The van der Waals surface area contributed by atoms with Crippen LogP contribution < -0.4 is 0 Å². The van der Waals surface area contributed by atoms with Crippen molar-refractivity contribution in [2.24, 2.45) is 0 Å². The molecule has 2 aliphatic rings. The van der Waals surface area contributed by atoms with Gasteiger partial charge in [0, 0.05) is 11.6 Å². The van der Waals surface area contributed by atoms with E-state index in [4.69, 9.17) is 4.98 Å². The predicted octanol–water partition coefficient (Wildman–Crippen LogP) is 12.8. The number of hydrogen-bond donors (Lipinski definition) is 0. The molecule has 0 spiro atoms. The molecule has 220 valence electrons. The van der Waals surface area contributed by atoms with Gasteiger partial charge in [0.15, 0.2) is 0 Å². The standard InChI is InChI=1S/C47H27N/c1-3-12-28(13-4-1)42-35-18-9-10-19-36(35)43(29-14-5-2-6-15-29)47-39-23-22-31(34-20-11-21-38(44(34)39)46(42)47)30-26-40-33-17-8-7-16-32(33)37-24-25-48-41(27-30)45(37)40/h1-27H. The molecule has 0 amide bonds. The van der Waals surface area contributed by atoms with Gasteiger partial charge >= 0.3 is 0 Å². The molecule has 1 heteroatoms. The molecule has 0 radical (unpaired) electrons. The molecular weight excluding hydrogens is 579 g/mol. The van der Waals surface area contributed by atoms with Gasteiger partial charge in [-0.1, -0.05) is 140 Å². The smallest absolute Gasteiger partial charge is 0.0720 e. The highest BCUT2D eigenvalue weighted by atomic mass is 14.7. The van der Waals surface area contributed by atoms with Gasteiger partial charge in [0.1, 0.15) is 0 Å². The van der Waals surface area contributed by atoms with E-state index >= 15 is 0 Å². The second kappa shape index (κ2) is 9.61. The molecule has 8 aromatic carbocycles. The normalized spacial score (nSPS) is 12.2. The van der Waals surface area contributed by atoms with Crippen molar-refractivity contribution in [2.45, 2.75) is 0 Å². The van der Waals surface area contributed by atoms with Gasteiger partial charge in [-0.05, 0) is 118 Å². The van der Waals surface area contributed by atoms with Crippen molar-refractivity contribution < 1.29 is 0 Å². The summed E-state index contributed by atoms with van der Waals surface area (Å²) in [5, 5.41) is 6.42. The molecular formula is C47H27N. The number of aromatic nitrogens is 1. The molecule has 1 nitrogen and oxygen atoms in total. The number of hydrogen-bond acceptors (Lipinski definition) is 1. The highest BCUT2D eigenvalue weighted by Crippen LogP contribution is 2.59. The molecule has 48 heavy (non-hydrogen) atoms. The zero-order chi connectivity index (χ0) is 31.3. The highest BCUT2D eigenvalue weighted by molar-refractivity contribution is 6.29. The van der Waals surface area contributed by atoms with Crippen molar-refractivity contribution in [3.05, 3.63) is 164 Å². The van der Waals surface area contributed by atoms with E-state index in [1.165, 1.54) is 105 Å². The molecule has 2 aliphatic carbocycles. The predicted molar refractivity (Wildman–Crippen MR) is 202 cm³/mol. The zero-order valence-corrected chi connectivity index (χ0v) is 26.0. The van der Waals surface area contributed by atoms with Crippen molar-refractivity contribution in [3.8, 4) is 77.9 Å². The lowest BCUT2D eigenvalue weighted by Gasteiger charge is -2.20. The molecule has 0 aliphatic heterocycles. The highest BCUT2D eigenvalue weighted by Gasteiger charge is 2.31. The van der Waals surface area contributed by atoms with Crippen LogP contribution >= 0.6 is 0 Å². The molecule has 11 rings (SSSR count). The third-order valence-electron chi connectivity index (χ3n) is 10.6. The van der Waals surface area contributed by atoms with Crippen molar-refractivity contribution in [3.63, 3.8) is 0 Å². The Labute approximate surface area is 278 Å². The van der Waals surface area contributed by atoms with Crippen LogP contribution in [0.25, 0.3) is 110 Å². The summed E-state index contributed by atoms with van der Waals surface area (Å²) in [6, 6.07) is 58.1. The zero-order valence-electron chi connectivity index (χ0n) is 26.0. The van der Waals surface area contributed by atoms with Gasteiger partial charge in [-0.15, -0.1) is 0 Å². The van der Waals surface area contributed by atoms with E-state index in [0.717, 1.165) is 5.52 Å². The Morgan fingerprint density at radius 2 is 0.833 bits per heavy atom. The first-order valence-electron chi connectivity index (χ1n) is 16.6. The van der Waals surface area contributed by atoms with E-state index in [-0.39, 0.29) is 0 Å². The molecule has 1 heterocycles. The molecule has 9 aromatic rings. The average Bonchev–Trinajstić information content (AvgIpc) is 3.66. The molecule has 0 N–H and O–H groups in total. The van der Waals surface area contributed by atoms with Crippen LogP contribution in [0, 0.1) is 0 Å². The van der Waals surface area contributed by atoms with Crippen LogP contribution in [-0.4, -0.2) is 4.98 Å². The van der Waals surface area contributed by atoms with Gasteiger partial charge in [-0.25, -0.2) is 0 Å². The van der Waals surface area contributed by atoms with E-state index in [1.807, 2.05) is 6.20 Å². The summed E-state index contributed by atoms with van der Waals surface area (Å²) in [4.78, 5) is 4.89. The van der Waals surface area contributed by atoms with Crippen LogP contribution in [0.2, 0.25) is 0 Å². The second-order valence-corrected chi connectivity index (χ2v) is 13.0. The summed E-state index contributed by atoms with van der Waals surface area (Å²) in [5.41, 5.74) is 19.0. The molecule has 0 bridgehead atoms. The second-order valence-electron chi connectivity index (χ2n) is 13.0. The first-order valence-corrected chi connectivity index (χ1v) is 16.6. The fraction of sp³-hybridized carbons (Fsp3) is 0. The van der Waals surface area contributed by atoms with Crippen LogP contribution in [0.3, 0.4) is 0 Å². The Morgan fingerprint density at radius 1 is 0.292 bits per heavy atom. The van der Waals surface area contributed by atoms with E-state index in [0.29, 0.717) is 0 Å². The molecule has 0 fully saturated rings. The number of pyridine rings is 1. The molecule has 1 aromatic heterocycles. The molecule has 0 saturated carbocycles. The SMILES string of the molecule is c1ccc(-c2c3c(c(-c4ccccc4)c4ccccc24)-c2ccc(-c4cc5c6c(ccnc6c4)-c4ccccc4-5)c4cccc-3c24)cc1. The van der Waals surface area contributed by atoms with Crippen LogP contribution in [0.4, 0.5) is 0 Å². The third kappa shape index (κ3) is 3.37. The summed E-state index contributed by atoms with van der Waals surface area (Å²) in [7, 11) is 0. The summed E-state index contributed by atoms with van der Waals surface area (Å²) < 4.78 is 0. The lowest BCUT2D eigenvalue weighted by atomic mass is 9.82. The molecule has 0 atom stereocenters. The minimum atomic E-state index is 1.05. The monoisotopic (exact) mass is 605 g/mol. The third-order valence-corrected chi connectivity index (χ3v) is 10.6. The van der Waals surface area contributed by atoms with Gasteiger partial charge < -0.3 is 0 Å². The number of nitrogens with zero attached hydrogens (tertiary/aromatic N) is 1. The summed E-state index contributed by atoms with van der Waals surface area (Å²) in [6.07, 6.45) is 1.96. The van der Waals surface area contributed by atoms with Crippen molar-refractivity contribution in [1.29, 1.82) is 0 Å². The molecule has 0 unspecified atom stereocenters. The summed E-state index contributed by atoms with van der Waals surface area (Å²) >= 11 is 0. The van der Waals surface area contributed by atoms with Crippen molar-refractivity contribution in [2.75, 3.05) is 0 Å². The Hall–Kier alpha value is -6.31. The quantitative estimate of drug-likeness (QED) is 0.195. The Morgan fingerprint density at radius 3 is 1.52 bits per heavy atom. The number of benzene rings is 8. The van der Waals surface area contributed by atoms with Gasteiger partial charge in [0.25, 0.3) is 0 Å². The van der Waals surface area contributed by atoms with Crippen LogP contribution in [0.5, 0.6) is 0 Å². The van der Waals surface area contributed by atoms with Gasteiger partial charge in [0.05, 0.1) is 5.52 Å². The minimum Gasteiger partial charge on any atom is -0.256 e. The first kappa shape index (κ1) is 25.8. The van der Waals surface area contributed by atoms with E-state index < -0.39 is 0 Å². The van der Waals surface area contributed by atoms with E-state index in [2.05, 4.69) is 158 Å².